The molecule has 1 fully saturated rings. The van der Waals surface area contributed by atoms with E-state index in [4.69, 9.17) is 0 Å². The van der Waals surface area contributed by atoms with Gasteiger partial charge in [-0.1, -0.05) is 12.1 Å². The van der Waals surface area contributed by atoms with Gasteiger partial charge in [-0.25, -0.2) is 0 Å². The first-order valence-corrected chi connectivity index (χ1v) is 5.73. The van der Waals surface area contributed by atoms with Crippen molar-refractivity contribution in [2.75, 3.05) is 6.54 Å². The monoisotopic (exact) mass is 243 g/mol. The Bertz CT molecular complexity index is 392. The minimum absolute atomic E-state index is 0.0419. The van der Waals surface area contributed by atoms with Crippen LogP contribution in [0.5, 0.6) is 0 Å². The number of alkyl halides is 3. The Hall–Kier alpha value is -1.03. The van der Waals surface area contributed by atoms with Crippen LogP contribution in [-0.2, 0) is 6.18 Å². The highest BCUT2D eigenvalue weighted by Gasteiger charge is 2.36. The summed E-state index contributed by atoms with van der Waals surface area (Å²) in [4.78, 5) is 0. The molecule has 0 bridgehead atoms. The van der Waals surface area contributed by atoms with E-state index in [2.05, 4.69) is 19.2 Å². The second-order valence-electron chi connectivity index (χ2n) is 5.11. The molecule has 1 heterocycles. The van der Waals surface area contributed by atoms with Gasteiger partial charge in [-0.3, -0.25) is 0 Å². The molecule has 0 aromatic heterocycles. The fourth-order valence-corrected chi connectivity index (χ4v) is 2.51. The molecule has 1 aliphatic heterocycles. The first kappa shape index (κ1) is 12.4. The molecule has 1 nitrogen and oxygen atoms in total. The summed E-state index contributed by atoms with van der Waals surface area (Å²) < 4.78 is 37.3. The zero-order valence-corrected chi connectivity index (χ0v) is 9.93. The average Bonchev–Trinajstić information content (AvgIpc) is 2.57. The molecule has 0 aliphatic carbocycles. The molecule has 0 amide bonds. The van der Waals surface area contributed by atoms with Gasteiger partial charge in [-0.05, 0) is 44.5 Å². The van der Waals surface area contributed by atoms with Gasteiger partial charge in [0.2, 0.25) is 0 Å². The van der Waals surface area contributed by atoms with Crippen LogP contribution in [0, 0.1) is 0 Å². The first-order valence-electron chi connectivity index (χ1n) is 5.73. The Kier molecular flexibility index (Phi) is 2.94. The Labute approximate surface area is 99.0 Å². The molecule has 1 aliphatic rings. The summed E-state index contributed by atoms with van der Waals surface area (Å²) in [5, 5.41) is 3.37. The van der Waals surface area contributed by atoms with Crippen LogP contribution in [-0.4, -0.2) is 12.1 Å². The lowest BCUT2D eigenvalue weighted by molar-refractivity contribution is -0.137. The van der Waals surface area contributed by atoms with Gasteiger partial charge in [-0.2, -0.15) is 13.2 Å². The SMILES string of the molecule is CC1(C)NCC[C@H]1c1ccc(C(F)(F)F)cc1. The quantitative estimate of drug-likeness (QED) is 0.795. The molecule has 1 aromatic carbocycles. The van der Waals surface area contributed by atoms with Crippen molar-refractivity contribution in [2.24, 2.45) is 0 Å². The third kappa shape index (κ3) is 2.46. The van der Waals surface area contributed by atoms with Crippen molar-refractivity contribution in [2.45, 2.75) is 37.9 Å². The van der Waals surface area contributed by atoms with Crippen LogP contribution in [0.3, 0.4) is 0 Å². The van der Waals surface area contributed by atoms with Gasteiger partial charge in [0.15, 0.2) is 0 Å². The molecule has 1 N–H and O–H groups in total. The molecule has 1 aromatic rings. The summed E-state index contributed by atoms with van der Waals surface area (Å²) in [5.41, 5.74) is 0.359. The highest BCUT2D eigenvalue weighted by molar-refractivity contribution is 5.30. The molecule has 0 unspecified atom stereocenters. The normalized spacial score (nSPS) is 23.9. The van der Waals surface area contributed by atoms with Crippen molar-refractivity contribution in [1.29, 1.82) is 0 Å². The van der Waals surface area contributed by atoms with Crippen LogP contribution in [0.2, 0.25) is 0 Å². The van der Waals surface area contributed by atoms with Crippen LogP contribution in [0.1, 0.15) is 37.3 Å². The second-order valence-corrected chi connectivity index (χ2v) is 5.11. The van der Waals surface area contributed by atoms with Gasteiger partial charge in [0.1, 0.15) is 0 Å². The van der Waals surface area contributed by atoms with Crippen molar-refractivity contribution in [1.82, 2.24) is 5.32 Å². The smallest absolute Gasteiger partial charge is 0.311 e. The van der Waals surface area contributed by atoms with Crippen molar-refractivity contribution in [3.63, 3.8) is 0 Å². The van der Waals surface area contributed by atoms with Gasteiger partial charge in [0, 0.05) is 11.5 Å². The Morgan fingerprint density at radius 3 is 2.18 bits per heavy atom. The number of hydrogen-bond donors (Lipinski definition) is 1. The van der Waals surface area contributed by atoms with Gasteiger partial charge in [0.05, 0.1) is 5.56 Å². The highest BCUT2D eigenvalue weighted by Crippen LogP contribution is 2.37. The van der Waals surface area contributed by atoms with Crippen LogP contribution in [0.15, 0.2) is 24.3 Å². The standard InChI is InChI=1S/C13H16F3N/c1-12(2)11(7-8-17-12)9-3-5-10(6-4-9)13(14,15)16/h3-6,11,17H,7-8H2,1-2H3/t11-/m0/s1. The van der Waals surface area contributed by atoms with E-state index < -0.39 is 11.7 Å². The van der Waals surface area contributed by atoms with E-state index in [1.165, 1.54) is 12.1 Å². The third-order valence-corrected chi connectivity index (χ3v) is 3.53. The molecule has 4 heteroatoms. The Balaban J connectivity index is 2.24. The molecule has 1 atom stereocenters. The molecule has 1 saturated heterocycles. The summed E-state index contributed by atoms with van der Waals surface area (Å²) in [5.74, 6) is 0.282. The summed E-state index contributed by atoms with van der Waals surface area (Å²) >= 11 is 0. The van der Waals surface area contributed by atoms with Crippen LogP contribution >= 0.6 is 0 Å². The summed E-state index contributed by atoms with van der Waals surface area (Å²) in [6, 6.07) is 5.54. The Morgan fingerprint density at radius 2 is 1.76 bits per heavy atom. The number of halogens is 3. The largest absolute Gasteiger partial charge is 0.416 e. The number of nitrogens with one attached hydrogen (secondary N) is 1. The summed E-state index contributed by atoms with van der Waals surface area (Å²) in [7, 11) is 0. The van der Waals surface area contributed by atoms with Crippen molar-refractivity contribution < 1.29 is 13.2 Å². The van der Waals surface area contributed by atoms with Gasteiger partial charge in [0.25, 0.3) is 0 Å². The fraction of sp³-hybridized carbons (Fsp3) is 0.538. The maximum Gasteiger partial charge on any atom is 0.416 e. The fourth-order valence-electron chi connectivity index (χ4n) is 2.51. The molecule has 0 spiro atoms. The molecule has 0 radical (unpaired) electrons. The molecule has 17 heavy (non-hydrogen) atoms. The number of benzene rings is 1. The number of rotatable bonds is 1. The van der Waals surface area contributed by atoms with Gasteiger partial charge < -0.3 is 5.32 Å². The predicted octanol–water partition coefficient (Wildman–Crippen LogP) is 3.56. The van der Waals surface area contributed by atoms with E-state index in [0.29, 0.717) is 0 Å². The predicted molar refractivity (Wildman–Crippen MR) is 60.9 cm³/mol. The molecular weight excluding hydrogens is 227 g/mol. The van der Waals surface area contributed by atoms with Gasteiger partial charge in [-0.15, -0.1) is 0 Å². The van der Waals surface area contributed by atoms with E-state index >= 15 is 0 Å². The van der Waals surface area contributed by atoms with Crippen molar-refractivity contribution in [3.8, 4) is 0 Å². The van der Waals surface area contributed by atoms with E-state index in [1.54, 1.807) is 12.1 Å². The van der Waals surface area contributed by atoms with E-state index in [9.17, 15) is 13.2 Å². The molecule has 2 rings (SSSR count). The molecule has 0 saturated carbocycles. The van der Waals surface area contributed by atoms with E-state index in [1.807, 2.05) is 0 Å². The van der Waals surface area contributed by atoms with Crippen LogP contribution < -0.4 is 5.32 Å². The summed E-state index contributed by atoms with van der Waals surface area (Å²) in [6.45, 7) is 5.09. The molecule has 94 valence electrons. The van der Waals surface area contributed by atoms with Crippen LogP contribution in [0.25, 0.3) is 0 Å². The first-order chi connectivity index (χ1) is 7.81. The highest BCUT2D eigenvalue weighted by atomic mass is 19.4. The van der Waals surface area contributed by atoms with Gasteiger partial charge >= 0.3 is 6.18 Å². The lowest BCUT2D eigenvalue weighted by atomic mass is 9.83. The third-order valence-electron chi connectivity index (χ3n) is 3.53. The minimum Gasteiger partial charge on any atom is -0.311 e. The lowest BCUT2D eigenvalue weighted by Gasteiger charge is -2.27. The average molecular weight is 243 g/mol. The summed E-state index contributed by atoms with van der Waals surface area (Å²) in [6.07, 6.45) is -3.28. The van der Waals surface area contributed by atoms with Crippen molar-refractivity contribution >= 4 is 0 Å². The van der Waals surface area contributed by atoms with Crippen molar-refractivity contribution in [3.05, 3.63) is 35.4 Å². The second kappa shape index (κ2) is 4.02. The zero-order chi connectivity index (χ0) is 12.7. The maximum absolute atomic E-state index is 12.4. The maximum atomic E-state index is 12.4. The molecular formula is C13H16F3N. The van der Waals surface area contributed by atoms with E-state index in [-0.39, 0.29) is 11.5 Å². The minimum atomic E-state index is -4.25. The Morgan fingerprint density at radius 1 is 1.18 bits per heavy atom. The topological polar surface area (TPSA) is 12.0 Å². The zero-order valence-electron chi connectivity index (χ0n) is 9.93. The van der Waals surface area contributed by atoms with E-state index in [0.717, 1.165) is 18.5 Å². The number of hydrogen-bond acceptors (Lipinski definition) is 1. The lowest BCUT2D eigenvalue weighted by Crippen LogP contribution is -2.36. The van der Waals surface area contributed by atoms with Crippen LogP contribution in [0.4, 0.5) is 13.2 Å².